The lowest BCUT2D eigenvalue weighted by molar-refractivity contribution is -0.124. The van der Waals surface area contributed by atoms with Gasteiger partial charge in [0.1, 0.15) is 11.8 Å². The van der Waals surface area contributed by atoms with Crippen molar-refractivity contribution in [2.75, 3.05) is 23.4 Å². The lowest BCUT2D eigenvalue weighted by Gasteiger charge is -2.15. The van der Waals surface area contributed by atoms with Crippen LogP contribution in [0.15, 0.2) is 18.2 Å². The molecule has 1 atom stereocenters. The Labute approximate surface area is 129 Å². The smallest absolute Gasteiger partial charge is 0.246 e. The van der Waals surface area contributed by atoms with E-state index in [0.29, 0.717) is 11.4 Å². The van der Waals surface area contributed by atoms with Crippen LogP contribution in [0.3, 0.4) is 0 Å². The normalized spacial score (nSPS) is 12.2. The number of ether oxygens (including phenoxy) is 1. The first-order chi connectivity index (χ1) is 10.1. The summed E-state index contributed by atoms with van der Waals surface area (Å²) in [6, 6.07) is 3.79. The summed E-state index contributed by atoms with van der Waals surface area (Å²) in [7, 11) is -2.08. The number of anilines is 2. The molecule has 8 nitrogen and oxygen atoms in total. The lowest BCUT2D eigenvalue weighted by Crippen LogP contribution is -2.40. The van der Waals surface area contributed by atoms with Crippen LogP contribution < -0.4 is 20.1 Å². The molecule has 0 radical (unpaired) electrons. The molecule has 122 valence electrons. The summed E-state index contributed by atoms with van der Waals surface area (Å²) in [6.07, 6.45) is 1.01. The predicted molar refractivity (Wildman–Crippen MR) is 83.4 cm³/mol. The first-order valence-electron chi connectivity index (χ1n) is 6.36. The second-order valence-electron chi connectivity index (χ2n) is 4.70. The molecule has 0 heterocycles. The summed E-state index contributed by atoms with van der Waals surface area (Å²) in [5.74, 6) is -0.430. The Morgan fingerprint density at radius 2 is 1.91 bits per heavy atom. The average Bonchev–Trinajstić information content (AvgIpc) is 2.36. The largest absolute Gasteiger partial charge is 0.495 e. The van der Waals surface area contributed by atoms with Crippen molar-refractivity contribution in [1.82, 2.24) is 5.32 Å². The topological polar surface area (TPSA) is 114 Å². The average molecular weight is 329 g/mol. The van der Waals surface area contributed by atoms with Crippen LogP contribution in [0.25, 0.3) is 0 Å². The minimum Gasteiger partial charge on any atom is -0.495 e. The van der Waals surface area contributed by atoms with Crippen molar-refractivity contribution in [3.05, 3.63) is 18.2 Å². The molecule has 1 aromatic rings. The van der Waals surface area contributed by atoms with Gasteiger partial charge in [0.05, 0.1) is 19.1 Å². The van der Waals surface area contributed by atoms with Crippen LogP contribution in [0, 0.1) is 0 Å². The fraction of sp³-hybridized carbons (Fsp3) is 0.385. The standard InChI is InChI=1S/C13H19N3O5S/c1-8(14-9(2)17)13(18)15-10-5-6-12(21-3)11(7-10)16-22(4,19)20/h5-8,16H,1-4H3,(H,14,17)(H,15,18). The number of hydrogen-bond donors (Lipinski definition) is 3. The number of carbonyl (C=O) groups excluding carboxylic acids is 2. The van der Waals surface area contributed by atoms with Crippen LogP contribution in [0.1, 0.15) is 13.8 Å². The van der Waals surface area contributed by atoms with Crippen LogP contribution in [0.2, 0.25) is 0 Å². The molecule has 1 aromatic carbocycles. The monoisotopic (exact) mass is 329 g/mol. The van der Waals surface area contributed by atoms with Crippen LogP contribution in [-0.2, 0) is 19.6 Å². The van der Waals surface area contributed by atoms with Crippen LogP contribution in [0.5, 0.6) is 5.75 Å². The molecular weight excluding hydrogens is 310 g/mol. The molecule has 9 heteroatoms. The van der Waals surface area contributed by atoms with Gasteiger partial charge in [-0.05, 0) is 25.1 Å². The Bertz CT molecular complexity index is 672. The molecule has 0 saturated carbocycles. The van der Waals surface area contributed by atoms with Gasteiger partial charge in [-0.3, -0.25) is 14.3 Å². The molecule has 0 bridgehead atoms. The summed E-state index contributed by atoms with van der Waals surface area (Å²) in [6.45, 7) is 2.85. The molecule has 0 aromatic heterocycles. The molecule has 0 aliphatic carbocycles. The van der Waals surface area contributed by atoms with Gasteiger partial charge in [0.2, 0.25) is 21.8 Å². The zero-order chi connectivity index (χ0) is 16.9. The maximum absolute atomic E-state index is 11.9. The number of hydrogen-bond acceptors (Lipinski definition) is 5. The fourth-order valence-electron chi connectivity index (χ4n) is 1.69. The lowest BCUT2D eigenvalue weighted by atomic mass is 10.2. The number of benzene rings is 1. The van der Waals surface area contributed by atoms with Gasteiger partial charge in [-0.1, -0.05) is 0 Å². The van der Waals surface area contributed by atoms with Gasteiger partial charge in [-0.2, -0.15) is 0 Å². The quantitative estimate of drug-likeness (QED) is 0.704. The van der Waals surface area contributed by atoms with Gasteiger partial charge < -0.3 is 15.4 Å². The van der Waals surface area contributed by atoms with Crippen molar-refractivity contribution in [2.45, 2.75) is 19.9 Å². The summed E-state index contributed by atoms with van der Waals surface area (Å²) in [5.41, 5.74) is 0.573. The van der Waals surface area contributed by atoms with Gasteiger partial charge in [-0.15, -0.1) is 0 Å². The first-order valence-corrected chi connectivity index (χ1v) is 8.25. The van der Waals surface area contributed by atoms with Gasteiger partial charge in [0.15, 0.2) is 0 Å². The van der Waals surface area contributed by atoms with E-state index in [1.165, 1.54) is 33.1 Å². The SMILES string of the molecule is COc1ccc(NC(=O)C(C)NC(C)=O)cc1NS(C)(=O)=O. The van der Waals surface area contributed by atoms with E-state index in [9.17, 15) is 18.0 Å². The van der Waals surface area contributed by atoms with E-state index in [1.54, 1.807) is 6.07 Å². The molecular formula is C13H19N3O5S. The Balaban J connectivity index is 2.95. The third kappa shape index (κ3) is 5.60. The van der Waals surface area contributed by atoms with Crippen molar-refractivity contribution in [3.8, 4) is 5.75 Å². The van der Waals surface area contributed by atoms with E-state index < -0.39 is 22.0 Å². The van der Waals surface area contributed by atoms with Crippen molar-refractivity contribution in [2.24, 2.45) is 0 Å². The molecule has 0 saturated heterocycles. The Morgan fingerprint density at radius 1 is 1.27 bits per heavy atom. The molecule has 1 unspecified atom stereocenters. The second-order valence-corrected chi connectivity index (χ2v) is 6.45. The third-order valence-electron chi connectivity index (χ3n) is 2.58. The van der Waals surface area contributed by atoms with E-state index in [2.05, 4.69) is 15.4 Å². The molecule has 0 aliphatic heterocycles. The van der Waals surface area contributed by atoms with Crippen LogP contribution >= 0.6 is 0 Å². The molecule has 0 fully saturated rings. The van der Waals surface area contributed by atoms with E-state index >= 15 is 0 Å². The maximum Gasteiger partial charge on any atom is 0.246 e. The van der Waals surface area contributed by atoms with E-state index in [4.69, 9.17) is 4.74 Å². The van der Waals surface area contributed by atoms with Crippen LogP contribution in [0.4, 0.5) is 11.4 Å². The number of sulfonamides is 1. The maximum atomic E-state index is 11.9. The minimum absolute atomic E-state index is 0.204. The van der Waals surface area contributed by atoms with E-state index in [1.807, 2.05) is 0 Å². The van der Waals surface area contributed by atoms with Gasteiger partial charge in [-0.25, -0.2) is 8.42 Å². The zero-order valence-electron chi connectivity index (χ0n) is 12.8. The van der Waals surface area contributed by atoms with Crippen molar-refractivity contribution >= 4 is 33.2 Å². The first kappa shape index (κ1) is 17.8. The summed E-state index contributed by atoms with van der Waals surface area (Å²) in [4.78, 5) is 22.8. The molecule has 2 amide bonds. The molecule has 0 aliphatic rings. The number of carbonyl (C=O) groups is 2. The molecule has 3 N–H and O–H groups in total. The molecule has 1 rings (SSSR count). The summed E-state index contributed by atoms with van der Waals surface area (Å²) in [5, 5.41) is 5.03. The summed E-state index contributed by atoms with van der Waals surface area (Å²) >= 11 is 0. The van der Waals surface area contributed by atoms with Gasteiger partial charge in [0, 0.05) is 12.6 Å². The third-order valence-corrected chi connectivity index (χ3v) is 3.17. The van der Waals surface area contributed by atoms with Crippen molar-refractivity contribution in [3.63, 3.8) is 0 Å². The highest BCUT2D eigenvalue weighted by Crippen LogP contribution is 2.28. The Kier molecular flexibility index (Phi) is 5.75. The molecule has 0 spiro atoms. The zero-order valence-corrected chi connectivity index (χ0v) is 13.6. The highest BCUT2D eigenvalue weighted by atomic mass is 32.2. The van der Waals surface area contributed by atoms with Gasteiger partial charge >= 0.3 is 0 Å². The second kappa shape index (κ2) is 7.12. The summed E-state index contributed by atoms with van der Waals surface area (Å²) < 4.78 is 30.0. The van der Waals surface area contributed by atoms with Crippen molar-refractivity contribution in [1.29, 1.82) is 0 Å². The predicted octanol–water partition coefficient (Wildman–Crippen LogP) is 0.530. The highest BCUT2D eigenvalue weighted by Gasteiger charge is 2.15. The van der Waals surface area contributed by atoms with Crippen LogP contribution in [-0.4, -0.2) is 39.6 Å². The minimum atomic E-state index is -3.49. The number of methoxy groups -OCH3 is 1. The number of rotatable bonds is 6. The number of nitrogens with one attached hydrogen (secondary N) is 3. The fourth-order valence-corrected chi connectivity index (χ4v) is 2.25. The highest BCUT2D eigenvalue weighted by molar-refractivity contribution is 7.92. The van der Waals surface area contributed by atoms with Gasteiger partial charge in [0.25, 0.3) is 0 Å². The van der Waals surface area contributed by atoms with E-state index in [0.717, 1.165) is 6.26 Å². The van der Waals surface area contributed by atoms with E-state index in [-0.39, 0.29) is 11.6 Å². The number of amides is 2. The Hall–Kier alpha value is -2.29. The van der Waals surface area contributed by atoms with Crippen molar-refractivity contribution < 1.29 is 22.7 Å². The Morgan fingerprint density at radius 3 is 2.41 bits per heavy atom. The molecule has 22 heavy (non-hydrogen) atoms.